The maximum Gasteiger partial charge on any atom is 0.257 e. The van der Waals surface area contributed by atoms with Gasteiger partial charge in [0, 0.05) is 16.8 Å². The van der Waals surface area contributed by atoms with Gasteiger partial charge in [-0.3, -0.25) is 19.3 Å². The van der Waals surface area contributed by atoms with Crippen molar-refractivity contribution in [2.45, 2.75) is 13.5 Å². The van der Waals surface area contributed by atoms with Gasteiger partial charge in [0.25, 0.3) is 5.91 Å². The number of rotatable bonds is 6. The van der Waals surface area contributed by atoms with Gasteiger partial charge >= 0.3 is 0 Å². The van der Waals surface area contributed by atoms with E-state index in [-0.39, 0.29) is 31.2 Å². The summed E-state index contributed by atoms with van der Waals surface area (Å²) in [4.78, 5) is 42.6. The molecule has 176 valence electrons. The summed E-state index contributed by atoms with van der Waals surface area (Å²) in [5.74, 6) is -3.12. The van der Waals surface area contributed by atoms with Gasteiger partial charge in [-0.25, -0.2) is 8.78 Å². The molecule has 0 bridgehead atoms. The highest BCUT2D eigenvalue weighted by molar-refractivity contribution is 6.31. The van der Waals surface area contributed by atoms with Crippen molar-refractivity contribution in [1.29, 1.82) is 0 Å². The smallest absolute Gasteiger partial charge is 0.257 e. The summed E-state index contributed by atoms with van der Waals surface area (Å²) in [5.41, 5.74) is 0.910. The van der Waals surface area contributed by atoms with Gasteiger partial charge in [0.05, 0.1) is 18.4 Å². The number of hydrogen-bond donors (Lipinski definition) is 0. The van der Waals surface area contributed by atoms with E-state index in [9.17, 15) is 23.2 Å². The summed E-state index contributed by atoms with van der Waals surface area (Å²) in [6.45, 7) is 1.01. The highest BCUT2D eigenvalue weighted by Crippen LogP contribution is 2.29. The predicted octanol–water partition coefficient (Wildman–Crippen LogP) is 3.99. The van der Waals surface area contributed by atoms with Crippen LogP contribution in [-0.2, 0) is 16.1 Å². The summed E-state index contributed by atoms with van der Waals surface area (Å²) in [5, 5.41) is 0.492. The molecule has 1 aliphatic heterocycles. The average Bonchev–Trinajstić information content (AvgIpc) is 3.44. The average molecular weight is 488 g/mol. The number of anilines is 1. The van der Waals surface area contributed by atoms with Gasteiger partial charge in [-0.2, -0.15) is 0 Å². The Bertz CT molecular complexity index is 1250. The number of benzene rings is 2. The highest BCUT2D eigenvalue weighted by Gasteiger charge is 2.34. The minimum Gasteiger partial charge on any atom is -0.467 e. The Morgan fingerprint density at radius 2 is 1.94 bits per heavy atom. The summed E-state index contributed by atoms with van der Waals surface area (Å²) in [6.07, 6.45) is 1.41. The van der Waals surface area contributed by atoms with Crippen LogP contribution in [0.2, 0.25) is 5.02 Å². The third-order valence-corrected chi connectivity index (χ3v) is 5.93. The van der Waals surface area contributed by atoms with Crippen LogP contribution in [-0.4, -0.2) is 47.3 Å². The van der Waals surface area contributed by atoms with E-state index < -0.39 is 30.0 Å². The van der Waals surface area contributed by atoms with Crippen molar-refractivity contribution in [2.75, 3.05) is 24.7 Å². The molecule has 1 aliphatic rings. The van der Waals surface area contributed by atoms with Crippen molar-refractivity contribution < 1.29 is 27.6 Å². The zero-order valence-electron chi connectivity index (χ0n) is 18.1. The lowest BCUT2D eigenvalue weighted by Gasteiger charge is -2.25. The van der Waals surface area contributed by atoms with Gasteiger partial charge in [0.15, 0.2) is 0 Å². The molecule has 0 N–H and O–H groups in total. The van der Waals surface area contributed by atoms with Gasteiger partial charge in [0.2, 0.25) is 11.8 Å². The largest absolute Gasteiger partial charge is 0.467 e. The fraction of sp³-hybridized carbons (Fsp3) is 0.208. The van der Waals surface area contributed by atoms with E-state index in [0.29, 0.717) is 28.1 Å². The molecular formula is C24H20ClF2N3O4. The van der Waals surface area contributed by atoms with Gasteiger partial charge < -0.3 is 14.2 Å². The lowest BCUT2D eigenvalue weighted by molar-refractivity contribution is -0.132. The molecule has 7 nitrogen and oxygen atoms in total. The Hall–Kier alpha value is -3.72. The van der Waals surface area contributed by atoms with E-state index in [0.717, 1.165) is 17.0 Å². The fourth-order valence-corrected chi connectivity index (χ4v) is 3.87. The molecule has 1 fully saturated rings. The summed E-state index contributed by atoms with van der Waals surface area (Å²) >= 11 is 6.17. The van der Waals surface area contributed by atoms with Gasteiger partial charge in [-0.05, 0) is 48.9 Å². The predicted molar refractivity (Wildman–Crippen MR) is 120 cm³/mol. The molecule has 1 aromatic heterocycles. The van der Waals surface area contributed by atoms with Crippen molar-refractivity contribution in [2.24, 2.45) is 0 Å². The van der Waals surface area contributed by atoms with E-state index in [2.05, 4.69) is 0 Å². The quantitative estimate of drug-likeness (QED) is 0.527. The SMILES string of the molecule is Cc1c(Cl)cccc1N1CN(C(=O)CN(Cc2ccco2)C(=O)c2ccc(F)cc2F)CC1=O. The zero-order valence-corrected chi connectivity index (χ0v) is 18.9. The van der Waals surface area contributed by atoms with Crippen LogP contribution >= 0.6 is 11.6 Å². The zero-order chi connectivity index (χ0) is 24.4. The van der Waals surface area contributed by atoms with Crippen LogP contribution < -0.4 is 4.90 Å². The Labute approximate surface area is 199 Å². The van der Waals surface area contributed by atoms with Gasteiger partial charge in [-0.1, -0.05) is 17.7 Å². The number of hydrogen-bond acceptors (Lipinski definition) is 4. The Balaban J connectivity index is 1.54. The second-order valence-electron chi connectivity index (χ2n) is 7.80. The van der Waals surface area contributed by atoms with Crippen LogP contribution in [0.5, 0.6) is 0 Å². The molecule has 3 aromatic rings. The Kier molecular flexibility index (Phi) is 6.65. The second-order valence-corrected chi connectivity index (χ2v) is 8.21. The van der Waals surface area contributed by atoms with Crippen molar-refractivity contribution >= 4 is 35.0 Å². The number of halogens is 3. The number of amides is 3. The Morgan fingerprint density at radius 1 is 1.15 bits per heavy atom. The van der Waals surface area contributed by atoms with Gasteiger partial charge in [-0.15, -0.1) is 0 Å². The van der Waals surface area contributed by atoms with Crippen molar-refractivity contribution in [3.8, 4) is 0 Å². The lowest BCUT2D eigenvalue weighted by atomic mass is 10.1. The molecule has 0 radical (unpaired) electrons. The molecule has 10 heteroatoms. The molecule has 0 saturated carbocycles. The molecule has 4 rings (SSSR count). The van der Waals surface area contributed by atoms with Crippen LogP contribution in [0.1, 0.15) is 21.7 Å². The molecule has 2 aromatic carbocycles. The molecule has 3 amide bonds. The highest BCUT2D eigenvalue weighted by atomic mass is 35.5. The minimum atomic E-state index is -1.04. The number of carbonyl (C=O) groups excluding carboxylic acids is 3. The molecule has 2 heterocycles. The third kappa shape index (κ3) is 4.79. The molecule has 0 unspecified atom stereocenters. The van der Waals surface area contributed by atoms with E-state index in [4.69, 9.17) is 16.0 Å². The summed E-state index contributed by atoms with van der Waals surface area (Å²) < 4.78 is 32.9. The first kappa shape index (κ1) is 23.4. The van der Waals surface area contributed by atoms with Crippen LogP contribution in [0.25, 0.3) is 0 Å². The molecule has 0 atom stereocenters. The van der Waals surface area contributed by atoms with Crippen LogP contribution in [0, 0.1) is 18.6 Å². The van der Waals surface area contributed by atoms with Crippen LogP contribution in [0.3, 0.4) is 0 Å². The summed E-state index contributed by atoms with van der Waals surface area (Å²) in [7, 11) is 0. The van der Waals surface area contributed by atoms with E-state index in [1.807, 2.05) is 0 Å². The van der Waals surface area contributed by atoms with E-state index >= 15 is 0 Å². The van der Waals surface area contributed by atoms with Crippen LogP contribution in [0.15, 0.2) is 59.2 Å². The Morgan fingerprint density at radius 3 is 2.65 bits per heavy atom. The third-order valence-electron chi connectivity index (χ3n) is 5.52. The first-order chi connectivity index (χ1) is 16.2. The number of nitrogens with zero attached hydrogens (tertiary/aromatic N) is 3. The molecule has 0 aliphatic carbocycles. The second kappa shape index (κ2) is 9.64. The van der Waals surface area contributed by atoms with Crippen molar-refractivity contribution in [3.63, 3.8) is 0 Å². The first-order valence-electron chi connectivity index (χ1n) is 10.3. The van der Waals surface area contributed by atoms with Crippen molar-refractivity contribution in [3.05, 3.63) is 88.3 Å². The number of carbonyl (C=O) groups is 3. The minimum absolute atomic E-state index is 0.0213. The molecule has 0 spiro atoms. The van der Waals surface area contributed by atoms with Gasteiger partial charge in [0.1, 0.15) is 37.2 Å². The van der Waals surface area contributed by atoms with E-state index in [1.165, 1.54) is 16.1 Å². The molecule has 34 heavy (non-hydrogen) atoms. The monoisotopic (exact) mass is 487 g/mol. The number of furan rings is 1. The standard InChI is InChI=1S/C24H20ClF2N3O4/c1-15-19(25)5-2-6-21(15)30-14-29(13-23(30)32)22(31)12-28(11-17-4-3-9-34-17)24(33)18-8-7-16(26)10-20(18)27/h2-10H,11-14H2,1H3. The molecular weight excluding hydrogens is 468 g/mol. The summed E-state index contributed by atoms with van der Waals surface area (Å²) in [6, 6.07) is 11.0. The molecule has 1 saturated heterocycles. The maximum atomic E-state index is 14.3. The lowest BCUT2D eigenvalue weighted by Crippen LogP contribution is -2.42. The topological polar surface area (TPSA) is 74.1 Å². The van der Waals surface area contributed by atoms with Crippen molar-refractivity contribution in [1.82, 2.24) is 9.80 Å². The normalized spacial score (nSPS) is 13.5. The van der Waals surface area contributed by atoms with E-state index in [1.54, 1.807) is 37.3 Å². The maximum absolute atomic E-state index is 14.3. The fourth-order valence-electron chi connectivity index (χ4n) is 3.70. The first-order valence-corrected chi connectivity index (χ1v) is 10.7. The van der Waals surface area contributed by atoms with Crippen LogP contribution in [0.4, 0.5) is 14.5 Å².